The van der Waals surface area contributed by atoms with Crippen LogP contribution in [0.25, 0.3) is 0 Å². The Balaban J connectivity index is 1.71. The van der Waals surface area contributed by atoms with E-state index in [0.717, 1.165) is 32.0 Å². The molecule has 0 spiro atoms. The standard InChI is InChI=1S/C25H34O7/c1-3-22(31)32-23(20(29)12-26)16-11-25(13-27)14(10-19(16)28)4-5-15-17-6-7-21(30)24(17,2)9-8-18(15)25/h4-5,10,13,15-18,20-21,23,26,29-30H,3,6-9,11-12H2,1-2H3/t15-,16?,17-,18-,20?,21-,23?,24-,25+/m0/s1. The van der Waals surface area contributed by atoms with Crippen LogP contribution in [0, 0.1) is 34.5 Å². The van der Waals surface area contributed by atoms with Crippen LogP contribution in [0.2, 0.25) is 0 Å². The third-order valence-electron chi connectivity index (χ3n) is 8.93. The lowest BCUT2D eigenvalue weighted by Gasteiger charge is -2.55. The molecule has 4 rings (SSSR count). The van der Waals surface area contributed by atoms with Crippen molar-refractivity contribution in [3.8, 4) is 0 Å². The van der Waals surface area contributed by atoms with E-state index in [2.05, 4.69) is 13.0 Å². The molecule has 7 nitrogen and oxygen atoms in total. The van der Waals surface area contributed by atoms with Crippen molar-refractivity contribution in [2.75, 3.05) is 6.61 Å². The Labute approximate surface area is 188 Å². The second-order valence-corrected chi connectivity index (χ2v) is 10.3. The van der Waals surface area contributed by atoms with Gasteiger partial charge in [0.15, 0.2) is 5.78 Å². The fraction of sp³-hybridized carbons (Fsp3) is 0.720. The predicted molar refractivity (Wildman–Crippen MR) is 115 cm³/mol. The Hall–Kier alpha value is -1.83. The summed E-state index contributed by atoms with van der Waals surface area (Å²) in [5, 5.41) is 30.5. The third-order valence-corrected chi connectivity index (χ3v) is 8.93. The van der Waals surface area contributed by atoms with Crippen molar-refractivity contribution in [3.63, 3.8) is 0 Å². The van der Waals surface area contributed by atoms with Gasteiger partial charge < -0.3 is 24.9 Å². The molecule has 0 aromatic carbocycles. The molecule has 3 N–H and O–H groups in total. The predicted octanol–water partition coefficient (Wildman–Crippen LogP) is 1.74. The molecule has 0 amide bonds. The van der Waals surface area contributed by atoms with Crippen molar-refractivity contribution in [2.45, 2.75) is 70.7 Å². The van der Waals surface area contributed by atoms with E-state index in [1.165, 1.54) is 6.08 Å². The molecule has 0 heterocycles. The number of carbonyl (C=O) groups excluding carboxylic acids is 3. The number of allylic oxidation sites excluding steroid dienone is 4. The molecule has 0 aromatic rings. The second kappa shape index (κ2) is 8.50. The van der Waals surface area contributed by atoms with E-state index in [0.29, 0.717) is 5.57 Å². The summed E-state index contributed by atoms with van der Waals surface area (Å²) in [5.74, 6) is -1.43. The normalized spacial score (nSPS) is 42.2. The van der Waals surface area contributed by atoms with E-state index in [1.54, 1.807) is 6.92 Å². The topological polar surface area (TPSA) is 121 Å². The molecule has 0 aromatic heterocycles. The molecule has 4 aliphatic rings. The number of aliphatic hydroxyl groups excluding tert-OH is 3. The second-order valence-electron chi connectivity index (χ2n) is 10.3. The lowest BCUT2D eigenvalue weighted by molar-refractivity contribution is -0.165. The summed E-state index contributed by atoms with van der Waals surface area (Å²) in [6, 6.07) is 0. The van der Waals surface area contributed by atoms with E-state index in [1.807, 2.05) is 6.08 Å². The smallest absolute Gasteiger partial charge is 0.305 e. The molecule has 4 aliphatic carbocycles. The van der Waals surface area contributed by atoms with Gasteiger partial charge in [0.05, 0.1) is 24.0 Å². The van der Waals surface area contributed by atoms with Crippen LogP contribution in [-0.2, 0) is 19.1 Å². The molecule has 32 heavy (non-hydrogen) atoms. The molecular weight excluding hydrogens is 412 g/mol. The van der Waals surface area contributed by atoms with Crippen LogP contribution in [0.5, 0.6) is 0 Å². The zero-order chi connectivity index (χ0) is 23.3. The molecule has 2 fully saturated rings. The summed E-state index contributed by atoms with van der Waals surface area (Å²) in [6.45, 7) is 3.10. The molecule has 0 aliphatic heterocycles. The molecule has 9 atom stereocenters. The number of fused-ring (bicyclic) bond motifs is 5. The van der Waals surface area contributed by atoms with Gasteiger partial charge in [0.25, 0.3) is 0 Å². The fourth-order valence-electron chi connectivity index (χ4n) is 7.05. The highest BCUT2D eigenvalue weighted by atomic mass is 16.6. The van der Waals surface area contributed by atoms with E-state index >= 15 is 0 Å². The number of aldehydes is 1. The van der Waals surface area contributed by atoms with Crippen molar-refractivity contribution in [1.82, 2.24) is 0 Å². The van der Waals surface area contributed by atoms with Gasteiger partial charge in [-0.05, 0) is 66.9 Å². The number of ether oxygens (including phenoxy) is 1. The average molecular weight is 447 g/mol. The van der Waals surface area contributed by atoms with Crippen molar-refractivity contribution >= 4 is 18.0 Å². The molecule has 3 unspecified atom stereocenters. The molecule has 0 saturated heterocycles. The number of esters is 1. The van der Waals surface area contributed by atoms with Gasteiger partial charge in [-0.2, -0.15) is 0 Å². The van der Waals surface area contributed by atoms with Crippen LogP contribution >= 0.6 is 0 Å². The monoisotopic (exact) mass is 446 g/mol. The highest BCUT2D eigenvalue weighted by molar-refractivity contribution is 5.97. The number of ketones is 1. The SMILES string of the molecule is CCC(=O)OC(C(O)CO)C1C[C@@]2(C=O)C(=CC1=O)C=C[C@H]1[C@@H]3CC[C@H](O)[C@@]3(C)CC[C@@H]12. The van der Waals surface area contributed by atoms with Gasteiger partial charge in [-0.15, -0.1) is 0 Å². The van der Waals surface area contributed by atoms with E-state index < -0.39 is 36.1 Å². The maximum absolute atomic E-state index is 13.0. The number of hydrogen-bond donors (Lipinski definition) is 3. The number of rotatable bonds is 6. The summed E-state index contributed by atoms with van der Waals surface area (Å²) in [5.41, 5.74) is -0.414. The fourth-order valence-corrected chi connectivity index (χ4v) is 7.05. The van der Waals surface area contributed by atoms with Crippen LogP contribution in [0.4, 0.5) is 0 Å². The van der Waals surface area contributed by atoms with Gasteiger partial charge in [0.2, 0.25) is 0 Å². The van der Waals surface area contributed by atoms with Crippen molar-refractivity contribution < 1.29 is 34.4 Å². The van der Waals surface area contributed by atoms with Crippen LogP contribution in [0.15, 0.2) is 23.8 Å². The Morgan fingerprint density at radius 3 is 2.72 bits per heavy atom. The zero-order valence-electron chi connectivity index (χ0n) is 18.8. The molecule has 176 valence electrons. The summed E-state index contributed by atoms with van der Waals surface area (Å²) >= 11 is 0. The minimum absolute atomic E-state index is 0.0241. The highest BCUT2D eigenvalue weighted by Crippen LogP contribution is 2.63. The van der Waals surface area contributed by atoms with Crippen LogP contribution in [0.1, 0.15) is 52.4 Å². The van der Waals surface area contributed by atoms with E-state index in [-0.39, 0.29) is 47.9 Å². The molecular formula is C25H34O7. The van der Waals surface area contributed by atoms with Crippen LogP contribution in [-0.4, -0.2) is 58.3 Å². The number of hydrogen-bond acceptors (Lipinski definition) is 7. The maximum Gasteiger partial charge on any atom is 0.305 e. The Kier molecular flexibility index (Phi) is 6.20. The first-order chi connectivity index (χ1) is 15.2. The van der Waals surface area contributed by atoms with E-state index in [4.69, 9.17) is 4.74 Å². The average Bonchev–Trinajstić information content (AvgIpc) is 3.10. The van der Waals surface area contributed by atoms with Gasteiger partial charge in [0.1, 0.15) is 18.5 Å². The summed E-state index contributed by atoms with van der Waals surface area (Å²) in [6.07, 6.45) is 6.87. The molecule has 0 bridgehead atoms. The van der Waals surface area contributed by atoms with Crippen molar-refractivity contribution in [3.05, 3.63) is 23.8 Å². The summed E-state index contributed by atoms with van der Waals surface area (Å²) in [4.78, 5) is 37.8. The van der Waals surface area contributed by atoms with Crippen molar-refractivity contribution in [2.24, 2.45) is 34.5 Å². The summed E-state index contributed by atoms with van der Waals surface area (Å²) in [7, 11) is 0. The minimum atomic E-state index is -1.41. The van der Waals surface area contributed by atoms with Crippen LogP contribution < -0.4 is 0 Å². The summed E-state index contributed by atoms with van der Waals surface area (Å²) < 4.78 is 5.40. The molecule has 7 heteroatoms. The van der Waals surface area contributed by atoms with Gasteiger partial charge in [-0.1, -0.05) is 26.0 Å². The Morgan fingerprint density at radius 2 is 2.06 bits per heavy atom. The molecule has 2 saturated carbocycles. The molecule has 0 radical (unpaired) electrons. The largest absolute Gasteiger partial charge is 0.459 e. The first-order valence-corrected chi connectivity index (χ1v) is 11.8. The number of carbonyl (C=O) groups is 3. The van der Waals surface area contributed by atoms with Gasteiger partial charge in [-0.25, -0.2) is 0 Å². The quantitative estimate of drug-likeness (QED) is 0.420. The third kappa shape index (κ3) is 3.40. The minimum Gasteiger partial charge on any atom is -0.459 e. The zero-order valence-corrected chi connectivity index (χ0v) is 18.8. The van der Waals surface area contributed by atoms with E-state index in [9.17, 15) is 29.7 Å². The van der Waals surface area contributed by atoms with Gasteiger partial charge in [-0.3, -0.25) is 9.59 Å². The first kappa shape index (κ1) is 23.3. The Morgan fingerprint density at radius 1 is 1.31 bits per heavy atom. The van der Waals surface area contributed by atoms with Gasteiger partial charge in [0, 0.05) is 6.42 Å². The lowest BCUT2D eigenvalue weighted by Crippen LogP contribution is -2.54. The first-order valence-electron chi connectivity index (χ1n) is 11.8. The van der Waals surface area contributed by atoms with Crippen molar-refractivity contribution in [1.29, 1.82) is 0 Å². The lowest BCUT2D eigenvalue weighted by atomic mass is 9.48. The van der Waals surface area contributed by atoms with Gasteiger partial charge >= 0.3 is 5.97 Å². The maximum atomic E-state index is 13.0. The van der Waals surface area contributed by atoms with Crippen LogP contribution in [0.3, 0.4) is 0 Å². The number of aliphatic hydroxyl groups is 3. The highest BCUT2D eigenvalue weighted by Gasteiger charge is 2.60. The Bertz CT molecular complexity index is 847.